The van der Waals surface area contributed by atoms with Crippen LogP contribution in [0.1, 0.15) is 31.1 Å². The molecule has 0 aliphatic heterocycles. The maximum atomic E-state index is 12.5. The van der Waals surface area contributed by atoms with Crippen LogP contribution in [-0.2, 0) is 10.0 Å². The van der Waals surface area contributed by atoms with Crippen LogP contribution in [0.25, 0.3) is 0 Å². The predicted octanol–water partition coefficient (Wildman–Crippen LogP) is 2.28. The average Bonchev–Trinajstić information content (AvgIpc) is 2.57. The minimum absolute atomic E-state index is 0.00818. The molecule has 2 aromatic rings. The molecule has 8 nitrogen and oxygen atoms in total. The molecule has 0 saturated heterocycles. The molecule has 0 radical (unpaired) electrons. The number of nitrogens with one attached hydrogen (secondary N) is 1. The number of aromatic nitrogens is 2. The third-order valence-electron chi connectivity index (χ3n) is 3.10. The first kappa shape index (κ1) is 18.7. The van der Waals surface area contributed by atoms with Crippen LogP contribution in [0.15, 0.2) is 35.4 Å². The van der Waals surface area contributed by atoms with E-state index in [1.807, 2.05) is 0 Å². The van der Waals surface area contributed by atoms with Crippen molar-refractivity contribution in [1.29, 1.82) is 0 Å². The van der Waals surface area contributed by atoms with Crippen molar-refractivity contribution in [2.24, 2.45) is 0 Å². The van der Waals surface area contributed by atoms with E-state index in [4.69, 9.17) is 9.47 Å². The number of ether oxygens (including phenoxy) is 2. The Kier molecular flexibility index (Phi) is 5.92. The molecule has 0 unspecified atom stereocenters. The summed E-state index contributed by atoms with van der Waals surface area (Å²) in [6.45, 7) is 5.61. The zero-order valence-electron chi connectivity index (χ0n) is 14.1. The Morgan fingerprint density at radius 1 is 1.12 bits per heavy atom. The standard InChI is InChI=1S/C16H19N3O5S/c1-4-23-15-14(10-17-16(18-15)24-5-2)19-25(21,22)13-8-6-12(7-9-13)11(3)20/h6-10,19H,4-5H2,1-3H3. The minimum atomic E-state index is -3.88. The van der Waals surface area contributed by atoms with Crippen molar-refractivity contribution in [3.05, 3.63) is 36.0 Å². The van der Waals surface area contributed by atoms with Gasteiger partial charge in [-0.2, -0.15) is 4.98 Å². The van der Waals surface area contributed by atoms with Crippen LogP contribution in [0.2, 0.25) is 0 Å². The number of nitrogens with zero attached hydrogens (tertiary/aromatic N) is 2. The van der Waals surface area contributed by atoms with Gasteiger partial charge in [0.15, 0.2) is 5.78 Å². The Labute approximate surface area is 146 Å². The first-order valence-electron chi connectivity index (χ1n) is 7.63. The number of carbonyl (C=O) groups excluding carboxylic acids is 1. The van der Waals surface area contributed by atoms with Gasteiger partial charge in [0, 0.05) is 5.56 Å². The van der Waals surface area contributed by atoms with Crippen molar-refractivity contribution >= 4 is 21.5 Å². The average molecular weight is 365 g/mol. The highest BCUT2D eigenvalue weighted by molar-refractivity contribution is 7.92. The van der Waals surface area contributed by atoms with E-state index in [1.165, 1.54) is 37.4 Å². The Bertz CT molecular complexity index is 851. The lowest BCUT2D eigenvalue weighted by Gasteiger charge is -2.12. The predicted molar refractivity (Wildman–Crippen MR) is 91.6 cm³/mol. The molecule has 2 rings (SSSR count). The van der Waals surface area contributed by atoms with Gasteiger partial charge in [0.2, 0.25) is 5.88 Å². The molecule has 1 N–H and O–H groups in total. The highest BCUT2D eigenvalue weighted by Crippen LogP contribution is 2.26. The fourth-order valence-corrected chi connectivity index (χ4v) is 2.98. The summed E-state index contributed by atoms with van der Waals surface area (Å²) in [6.07, 6.45) is 1.28. The Hall–Kier alpha value is -2.68. The summed E-state index contributed by atoms with van der Waals surface area (Å²) in [4.78, 5) is 19.3. The zero-order chi connectivity index (χ0) is 18.4. The summed E-state index contributed by atoms with van der Waals surface area (Å²) in [5, 5.41) is 0. The van der Waals surface area contributed by atoms with Crippen LogP contribution in [0.4, 0.5) is 5.69 Å². The summed E-state index contributed by atoms with van der Waals surface area (Å²) in [5.41, 5.74) is 0.527. The van der Waals surface area contributed by atoms with E-state index in [1.54, 1.807) is 13.8 Å². The fraction of sp³-hybridized carbons (Fsp3) is 0.312. The molecule has 1 aromatic carbocycles. The van der Waals surface area contributed by atoms with Gasteiger partial charge >= 0.3 is 6.01 Å². The lowest BCUT2D eigenvalue weighted by atomic mass is 10.2. The molecular formula is C16H19N3O5S. The van der Waals surface area contributed by atoms with Crippen molar-refractivity contribution < 1.29 is 22.7 Å². The molecule has 0 aliphatic carbocycles. The van der Waals surface area contributed by atoms with Gasteiger partial charge in [-0.3, -0.25) is 9.52 Å². The number of ketones is 1. The Morgan fingerprint density at radius 2 is 1.76 bits per heavy atom. The quantitative estimate of drug-likeness (QED) is 0.715. The van der Waals surface area contributed by atoms with Gasteiger partial charge in [-0.05, 0) is 32.9 Å². The van der Waals surface area contributed by atoms with E-state index < -0.39 is 10.0 Å². The largest absolute Gasteiger partial charge is 0.476 e. The molecule has 1 heterocycles. The van der Waals surface area contributed by atoms with Gasteiger partial charge in [-0.25, -0.2) is 13.4 Å². The van der Waals surface area contributed by atoms with Gasteiger partial charge in [-0.1, -0.05) is 12.1 Å². The third-order valence-corrected chi connectivity index (χ3v) is 4.48. The summed E-state index contributed by atoms with van der Waals surface area (Å²) in [6, 6.07) is 5.72. The second-order valence-corrected chi connectivity index (χ2v) is 6.61. The van der Waals surface area contributed by atoms with Gasteiger partial charge in [0.1, 0.15) is 5.69 Å². The number of rotatable bonds is 8. The molecule has 9 heteroatoms. The molecule has 0 atom stereocenters. The molecule has 25 heavy (non-hydrogen) atoms. The molecule has 0 bridgehead atoms. The fourth-order valence-electron chi connectivity index (χ4n) is 1.94. The number of hydrogen-bond donors (Lipinski definition) is 1. The number of anilines is 1. The molecular weight excluding hydrogens is 346 g/mol. The van der Waals surface area contributed by atoms with Crippen molar-refractivity contribution in [3.8, 4) is 11.9 Å². The van der Waals surface area contributed by atoms with Crippen molar-refractivity contribution in [1.82, 2.24) is 9.97 Å². The van der Waals surface area contributed by atoms with E-state index in [0.29, 0.717) is 18.8 Å². The topological polar surface area (TPSA) is 107 Å². The van der Waals surface area contributed by atoms with E-state index in [-0.39, 0.29) is 28.3 Å². The molecule has 0 spiro atoms. The zero-order valence-corrected chi connectivity index (χ0v) is 15.0. The van der Waals surface area contributed by atoms with Gasteiger partial charge in [0.25, 0.3) is 10.0 Å². The molecule has 0 aliphatic rings. The van der Waals surface area contributed by atoms with Crippen molar-refractivity contribution in [2.45, 2.75) is 25.7 Å². The van der Waals surface area contributed by atoms with Crippen LogP contribution in [-0.4, -0.2) is 37.4 Å². The second-order valence-electron chi connectivity index (χ2n) is 4.92. The smallest absolute Gasteiger partial charge is 0.319 e. The molecule has 0 saturated carbocycles. The van der Waals surface area contributed by atoms with Crippen molar-refractivity contribution in [3.63, 3.8) is 0 Å². The summed E-state index contributed by atoms with van der Waals surface area (Å²) in [5.74, 6) is -0.0691. The van der Waals surface area contributed by atoms with Crippen LogP contribution in [0.5, 0.6) is 11.9 Å². The summed E-state index contributed by atoms with van der Waals surface area (Å²) in [7, 11) is -3.88. The number of benzene rings is 1. The lowest BCUT2D eigenvalue weighted by molar-refractivity contribution is 0.101. The maximum absolute atomic E-state index is 12.5. The first-order chi connectivity index (χ1) is 11.9. The molecule has 1 aromatic heterocycles. The van der Waals surface area contributed by atoms with Gasteiger partial charge in [-0.15, -0.1) is 0 Å². The first-order valence-corrected chi connectivity index (χ1v) is 9.12. The SMILES string of the molecule is CCOc1ncc(NS(=O)(=O)c2ccc(C(C)=O)cc2)c(OCC)n1. The number of hydrogen-bond acceptors (Lipinski definition) is 7. The minimum Gasteiger partial charge on any atom is -0.476 e. The van der Waals surface area contributed by atoms with E-state index in [0.717, 1.165) is 0 Å². The van der Waals surface area contributed by atoms with Gasteiger partial charge in [0.05, 0.1) is 24.3 Å². The normalized spacial score (nSPS) is 11.0. The van der Waals surface area contributed by atoms with Crippen LogP contribution >= 0.6 is 0 Å². The highest BCUT2D eigenvalue weighted by atomic mass is 32.2. The van der Waals surface area contributed by atoms with E-state index in [9.17, 15) is 13.2 Å². The Balaban J connectivity index is 2.31. The molecule has 0 amide bonds. The van der Waals surface area contributed by atoms with E-state index in [2.05, 4.69) is 14.7 Å². The van der Waals surface area contributed by atoms with Crippen molar-refractivity contribution in [2.75, 3.05) is 17.9 Å². The Morgan fingerprint density at radius 3 is 2.32 bits per heavy atom. The summed E-state index contributed by atoms with van der Waals surface area (Å²) >= 11 is 0. The van der Waals surface area contributed by atoms with Gasteiger partial charge < -0.3 is 9.47 Å². The van der Waals surface area contributed by atoms with E-state index >= 15 is 0 Å². The van der Waals surface area contributed by atoms with Crippen LogP contribution < -0.4 is 14.2 Å². The monoisotopic (exact) mass is 365 g/mol. The molecule has 0 fully saturated rings. The lowest BCUT2D eigenvalue weighted by Crippen LogP contribution is -2.15. The second kappa shape index (κ2) is 7.93. The summed E-state index contributed by atoms with van der Waals surface area (Å²) < 4.78 is 38.0. The highest BCUT2D eigenvalue weighted by Gasteiger charge is 2.19. The maximum Gasteiger partial charge on any atom is 0.319 e. The number of sulfonamides is 1. The van der Waals surface area contributed by atoms with Crippen LogP contribution in [0.3, 0.4) is 0 Å². The molecule has 134 valence electrons. The number of Topliss-reactive ketones (excluding diaryl/α,β-unsaturated/α-hetero) is 1. The van der Waals surface area contributed by atoms with Crippen LogP contribution in [0, 0.1) is 0 Å². The number of carbonyl (C=O) groups is 1. The third kappa shape index (κ3) is 4.66.